The van der Waals surface area contributed by atoms with E-state index in [-0.39, 0.29) is 6.54 Å². The number of hydrogen-bond acceptors (Lipinski definition) is 4. The number of halogens is 3. The van der Waals surface area contributed by atoms with E-state index in [1.807, 2.05) is 0 Å². The quantitative estimate of drug-likeness (QED) is 0.797. The second kappa shape index (κ2) is 6.50. The van der Waals surface area contributed by atoms with Crippen molar-refractivity contribution in [1.29, 1.82) is 0 Å². The summed E-state index contributed by atoms with van der Waals surface area (Å²) in [5.41, 5.74) is -4.22. The number of nitrogens with one attached hydrogen (secondary N) is 2. The van der Waals surface area contributed by atoms with Crippen molar-refractivity contribution in [3.05, 3.63) is 35.9 Å². The summed E-state index contributed by atoms with van der Waals surface area (Å²) >= 11 is 0. The molecule has 0 aliphatic carbocycles. The minimum Gasteiger partial charge on any atom is -0.444 e. The first kappa shape index (κ1) is 19.5. The molecule has 0 bridgehead atoms. The lowest BCUT2D eigenvalue weighted by Gasteiger charge is -2.31. The highest BCUT2D eigenvalue weighted by molar-refractivity contribution is 6.08. The Hall–Kier alpha value is -2.78. The van der Waals surface area contributed by atoms with Crippen LogP contribution in [0, 0.1) is 0 Å². The number of nitrogens with zero attached hydrogens (tertiary/aromatic N) is 1. The zero-order valence-corrected chi connectivity index (χ0v) is 14.3. The molecule has 0 unspecified atom stereocenters. The standard InChI is InChI=1S/C16H18F3N3O4/c1-14(2,3)26-13(25)21-15(16(17,18)19)11(23)22(12(24)20-15)9-10-7-5-4-6-8-10/h4-8H,9H2,1-3H3,(H,20,24)(H,21,25)/t15-/m1/s1. The topological polar surface area (TPSA) is 87.7 Å². The highest BCUT2D eigenvalue weighted by Gasteiger charge is 2.69. The smallest absolute Gasteiger partial charge is 0.440 e. The number of urea groups is 1. The van der Waals surface area contributed by atoms with E-state index >= 15 is 0 Å². The maximum atomic E-state index is 13.6. The van der Waals surface area contributed by atoms with Gasteiger partial charge in [-0.1, -0.05) is 30.3 Å². The van der Waals surface area contributed by atoms with Crippen LogP contribution < -0.4 is 10.6 Å². The average molecular weight is 373 g/mol. The lowest BCUT2D eigenvalue weighted by Crippen LogP contribution is -2.69. The summed E-state index contributed by atoms with van der Waals surface area (Å²) in [4.78, 5) is 36.7. The summed E-state index contributed by atoms with van der Waals surface area (Å²) in [7, 11) is 0. The molecule has 2 N–H and O–H groups in total. The molecule has 0 spiro atoms. The summed E-state index contributed by atoms with van der Waals surface area (Å²) in [5, 5.41) is 3.02. The number of ether oxygens (including phenoxy) is 1. The van der Waals surface area contributed by atoms with Gasteiger partial charge in [0.2, 0.25) is 0 Å². The second-order valence-electron chi connectivity index (χ2n) is 6.68. The van der Waals surface area contributed by atoms with Gasteiger partial charge in [-0.2, -0.15) is 13.2 Å². The molecule has 0 aromatic heterocycles. The summed E-state index contributed by atoms with van der Waals surface area (Å²) in [6.07, 6.45) is -6.76. The summed E-state index contributed by atoms with van der Waals surface area (Å²) in [5.74, 6) is -1.63. The molecule has 26 heavy (non-hydrogen) atoms. The van der Waals surface area contributed by atoms with Crippen LogP contribution in [0.15, 0.2) is 30.3 Å². The first-order valence-corrected chi connectivity index (χ1v) is 7.62. The molecule has 1 fully saturated rings. The van der Waals surface area contributed by atoms with E-state index in [1.165, 1.54) is 26.1 Å². The zero-order valence-electron chi connectivity index (χ0n) is 14.3. The third kappa shape index (κ3) is 3.89. The van der Waals surface area contributed by atoms with Gasteiger partial charge in [-0.05, 0) is 26.3 Å². The van der Waals surface area contributed by atoms with Gasteiger partial charge in [0.25, 0.3) is 11.6 Å². The number of alkyl halides is 3. The van der Waals surface area contributed by atoms with Crippen molar-refractivity contribution in [2.75, 3.05) is 0 Å². The Labute approximate surface area is 147 Å². The van der Waals surface area contributed by atoms with Crippen LogP contribution in [-0.2, 0) is 16.1 Å². The van der Waals surface area contributed by atoms with Gasteiger partial charge < -0.3 is 4.74 Å². The lowest BCUT2D eigenvalue weighted by atomic mass is 10.1. The van der Waals surface area contributed by atoms with E-state index in [9.17, 15) is 27.6 Å². The van der Waals surface area contributed by atoms with Crippen LogP contribution in [0.4, 0.5) is 22.8 Å². The molecule has 1 atom stereocenters. The largest absolute Gasteiger partial charge is 0.444 e. The van der Waals surface area contributed by atoms with E-state index in [0.717, 1.165) is 0 Å². The molecule has 4 amide bonds. The van der Waals surface area contributed by atoms with Gasteiger partial charge in [0.05, 0.1) is 6.54 Å². The van der Waals surface area contributed by atoms with E-state index in [0.29, 0.717) is 10.5 Å². The molecule has 10 heteroatoms. The van der Waals surface area contributed by atoms with Gasteiger partial charge in [0, 0.05) is 0 Å². The number of carbonyl (C=O) groups is 3. The van der Waals surface area contributed by atoms with E-state index in [4.69, 9.17) is 4.74 Å². The normalized spacial score (nSPS) is 20.8. The fourth-order valence-corrected chi connectivity index (χ4v) is 2.29. The van der Waals surface area contributed by atoms with Crippen LogP contribution in [-0.4, -0.2) is 40.4 Å². The summed E-state index contributed by atoms with van der Waals surface area (Å²) < 4.78 is 45.6. The minimum atomic E-state index is -5.28. The number of rotatable bonds is 3. The number of hydrogen-bond donors (Lipinski definition) is 2. The van der Waals surface area contributed by atoms with Gasteiger partial charge >= 0.3 is 18.3 Å². The fourth-order valence-electron chi connectivity index (χ4n) is 2.29. The third-order valence-corrected chi connectivity index (χ3v) is 3.40. The van der Waals surface area contributed by atoms with Crippen LogP contribution in [0.5, 0.6) is 0 Å². The van der Waals surface area contributed by atoms with Crippen LogP contribution in [0.2, 0.25) is 0 Å². The monoisotopic (exact) mass is 373 g/mol. The van der Waals surface area contributed by atoms with Crippen LogP contribution in [0.1, 0.15) is 26.3 Å². The SMILES string of the molecule is CC(C)(C)OC(=O)N[C@]1(C(F)(F)F)NC(=O)N(Cc2ccccc2)C1=O. The first-order valence-electron chi connectivity index (χ1n) is 7.62. The fraction of sp³-hybridized carbons (Fsp3) is 0.438. The molecule has 0 radical (unpaired) electrons. The zero-order chi connectivity index (χ0) is 19.8. The molecule has 1 aliphatic rings. The van der Waals surface area contributed by atoms with Crippen molar-refractivity contribution in [3.63, 3.8) is 0 Å². The van der Waals surface area contributed by atoms with Crippen molar-refractivity contribution in [2.24, 2.45) is 0 Å². The average Bonchev–Trinajstić information content (AvgIpc) is 2.71. The molecule has 1 saturated heterocycles. The van der Waals surface area contributed by atoms with Gasteiger partial charge in [-0.3, -0.25) is 20.3 Å². The number of carbonyl (C=O) groups excluding carboxylic acids is 3. The van der Waals surface area contributed by atoms with Crippen LogP contribution >= 0.6 is 0 Å². The molecule has 142 valence electrons. The van der Waals surface area contributed by atoms with E-state index in [2.05, 4.69) is 0 Å². The predicted octanol–water partition coefficient (Wildman–Crippen LogP) is 2.52. The van der Waals surface area contributed by atoms with Crippen molar-refractivity contribution in [3.8, 4) is 0 Å². The molecular formula is C16H18F3N3O4. The molecule has 1 aromatic rings. The Balaban J connectivity index is 2.31. The maximum Gasteiger partial charge on any atom is 0.440 e. The lowest BCUT2D eigenvalue weighted by molar-refractivity contribution is -0.201. The van der Waals surface area contributed by atoms with E-state index in [1.54, 1.807) is 35.6 Å². The van der Waals surface area contributed by atoms with Crippen molar-refractivity contribution in [1.82, 2.24) is 15.5 Å². The minimum absolute atomic E-state index is 0.376. The molecule has 1 aliphatic heterocycles. The molecule has 1 aromatic carbocycles. The summed E-state index contributed by atoms with van der Waals surface area (Å²) in [6.45, 7) is 3.97. The molecule has 1 heterocycles. The van der Waals surface area contributed by atoms with Crippen LogP contribution in [0.3, 0.4) is 0 Å². The number of benzene rings is 1. The highest BCUT2D eigenvalue weighted by Crippen LogP contribution is 2.34. The number of amides is 4. The molecule has 2 rings (SSSR count). The van der Waals surface area contributed by atoms with Gasteiger partial charge in [-0.15, -0.1) is 0 Å². The number of alkyl carbamates (subject to hydrolysis) is 1. The summed E-state index contributed by atoms with van der Waals surface area (Å²) in [6, 6.07) is 6.74. The Morgan fingerprint density at radius 2 is 1.77 bits per heavy atom. The highest BCUT2D eigenvalue weighted by atomic mass is 19.4. The third-order valence-electron chi connectivity index (χ3n) is 3.40. The van der Waals surface area contributed by atoms with Crippen LogP contribution in [0.25, 0.3) is 0 Å². The van der Waals surface area contributed by atoms with E-state index < -0.39 is 35.5 Å². The first-order chi connectivity index (χ1) is 11.9. The number of imide groups is 1. The van der Waals surface area contributed by atoms with Gasteiger partial charge in [0.1, 0.15) is 5.60 Å². The molecular weight excluding hydrogens is 355 g/mol. The Morgan fingerprint density at radius 3 is 2.27 bits per heavy atom. The van der Waals surface area contributed by atoms with Gasteiger partial charge in [-0.25, -0.2) is 9.59 Å². The molecule has 0 saturated carbocycles. The van der Waals surface area contributed by atoms with Crippen molar-refractivity contribution >= 4 is 18.0 Å². The van der Waals surface area contributed by atoms with Crippen molar-refractivity contribution in [2.45, 2.75) is 44.8 Å². The maximum absolute atomic E-state index is 13.6. The Kier molecular flexibility index (Phi) is 4.89. The Morgan fingerprint density at radius 1 is 1.19 bits per heavy atom. The van der Waals surface area contributed by atoms with Gasteiger partial charge in [0.15, 0.2) is 0 Å². The molecule has 7 nitrogen and oxygen atoms in total. The van der Waals surface area contributed by atoms with Crippen molar-refractivity contribution < 1.29 is 32.3 Å². The Bertz CT molecular complexity index is 716. The second-order valence-corrected chi connectivity index (χ2v) is 6.68. The predicted molar refractivity (Wildman–Crippen MR) is 83.7 cm³/mol.